The van der Waals surface area contributed by atoms with Crippen molar-refractivity contribution >= 4 is 0 Å². The highest BCUT2D eigenvalue weighted by Gasteiger charge is 2.43. The van der Waals surface area contributed by atoms with Crippen molar-refractivity contribution in [3.05, 3.63) is 0 Å². The van der Waals surface area contributed by atoms with Crippen LogP contribution in [0.5, 0.6) is 0 Å². The molecule has 0 unspecified atom stereocenters. The maximum atomic E-state index is 5.67. The van der Waals surface area contributed by atoms with Gasteiger partial charge in [0.2, 0.25) is 0 Å². The molecule has 0 amide bonds. The van der Waals surface area contributed by atoms with Crippen LogP contribution in [0.3, 0.4) is 0 Å². The quantitative estimate of drug-likeness (QED) is 0.420. The van der Waals surface area contributed by atoms with Gasteiger partial charge >= 0.3 is 0 Å². The minimum atomic E-state index is 0.500. The highest BCUT2D eigenvalue weighted by molar-refractivity contribution is 5.04. The van der Waals surface area contributed by atoms with E-state index in [2.05, 4.69) is 5.32 Å². The van der Waals surface area contributed by atoms with E-state index >= 15 is 0 Å². The van der Waals surface area contributed by atoms with Crippen LogP contribution in [0.15, 0.2) is 0 Å². The molecule has 0 aromatic carbocycles. The molecule has 7 heavy (non-hydrogen) atoms. The predicted octanol–water partition coefficient (Wildman–Crippen LogP) is -0.695. The maximum Gasteiger partial charge on any atom is 0.0236 e. The third kappa shape index (κ3) is 0.318. The summed E-state index contributed by atoms with van der Waals surface area (Å²) >= 11 is 0. The second-order valence-corrected chi connectivity index (χ2v) is 2.59. The Bertz CT molecular complexity index is 78.1. The molecule has 2 nitrogen and oxygen atoms in total. The van der Waals surface area contributed by atoms with Crippen molar-refractivity contribution in [2.24, 2.45) is 11.7 Å². The minimum absolute atomic E-state index is 0.500. The van der Waals surface area contributed by atoms with E-state index < -0.39 is 0 Å². The van der Waals surface area contributed by atoms with Crippen molar-refractivity contribution in [3.8, 4) is 0 Å². The van der Waals surface area contributed by atoms with Gasteiger partial charge in [0.15, 0.2) is 0 Å². The molecular weight excluding hydrogens is 88.1 g/mol. The summed E-state index contributed by atoms with van der Waals surface area (Å²) in [7, 11) is 0. The van der Waals surface area contributed by atoms with Crippen LogP contribution in [0.1, 0.15) is 6.42 Å². The highest BCUT2D eigenvalue weighted by atomic mass is 15.1. The van der Waals surface area contributed by atoms with Crippen LogP contribution in [0.2, 0.25) is 0 Å². The number of nitrogens with one attached hydrogen (secondary N) is 1. The number of nitrogens with two attached hydrogens (primary N) is 1. The molecule has 3 fully saturated rings. The van der Waals surface area contributed by atoms with E-state index in [-0.39, 0.29) is 0 Å². The lowest BCUT2D eigenvalue weighted by molar-refractivity contribution is 0.304. The molecule has 2 aliphatic heterocycles. The Balaban J connectivity index is 2.14. The predicted molar refractivity (Wildman–Crippen MR) is 27.9 cm³/mol. The third-order valence-corrected chi connectivity index (χ3v) is 2.21. The number of fused-ring (bicyclic) bond motifs is 1. The normalized spacial score (nSPS) is 57.0. The summed E-state index contributed by atoms with van der Waals surface area (Å²) in [4.78, 5) is 0. The summed E-state index contributed by atoms with van der Waals surface area (Å²) in [5.74, 6) is 0.824. The summed E-state index contributed by atoms with van der Waals surface area (Å²) in [6.07, 6.45) is 1.33. The molecule has 1 saturated carbocycles. The molecule has 3 rings (SSSR count). The third-order valence-electron chi connectivity index (χ3n) is 2.21. The van der Waals surface area contributed by atoms with Crippen LogP contribution < -0.4 is 11.1 Å². The Kier molecular flexibility index (Phi) is 0.557. The van der Waals surface area contributed by atoms with E-state index in [4.69, 9.17) is 5.73 Å². The average Bonchev–Trinajstić information content (AvgIpc) is 2.18. The maximum absolute atomic E-state index is 5.67. The van der Waals surface area contributed by atoms with Crippen molar-refractivity contribution in [1.29, 1.82) is 0 Å². The fourth-order valence-corrected chi connectivity index (χ4v) is 1.51. The van der Waals surface area contributed by atoms with Gasteiger partial charge in [-0.05, 0) is 18.9 Å². The van der Waals surface area contributed by atoms with E-state index in [1.807, 2.05) is 0 Å². The van der Waals surface area contributed by atoms with Crippen LogP contribution in [0.25, 0.3) is 0 Å². The first-order valence-corrected chi connectivity index (χ1v) is 2.87. The molecule has 3 atom stereocenters. The smallest absolute Gasteiger partial charge is 0.0236 e. The molecule has 0 aromatic rings. The van der Waals surface area contributed by atoms with Crippen LogP contribution in [0.4, 0.5) is 0 Å². The van der Waals surface area contributed by atoms with Crippen LogP contribution in [-0.2, 0) is 0 Å². The van der Waals surface area contributed by atoms with Crippen molar-refractivity contribution in [2.45, 2.75) is 18.5 Å². The molecular formula is C5H10N2. The number of hydrogen-bond donors (Lipinski definition) is 2. The van der Waals surface area contributed by atoms with Gasteiger partial charge in [-0.15, -0.1) is 0 Å². The summed E-state index contributed by atoms with van der Waals surface area (Å²) in [5.41, 5.74) is 5.67. The zero-order valence-corrected chi connectivity index (χ0v) is 4.22. The zero-order valence-electron chi connectivity index (χ0n) is 4.22. The molecule has 0 spiro atoms. The molecule has 2 heterocycles. The van der Waals surface area contributed by atoms with E-state index in [0.29, 0.717) is 12.1 Å². The fourth-order valence-electron chi connectivity index (χ4n) is 1.51. The Morgan fingerprint density at radius 2 is 2.43 bits per heavy atom. The van der Waals surface area contributed by atoms with Gasteiger partial charge in [0.25, 0.3) is 0 Å². The Hall–Kier alpha value is -0.0800. The molecule has 3 aliphatic rings. The zero-order chi connectivity index (χ0) is 4.85. The number of hydrogen-bond acceptors (Lipinski definition) is 2. The van der Waals surface area contributed by atoms with Gasteiger partial charge in [-0.25, -0.2) is 0 Å². The molecule has 0 aromatic heterocycles. The van der Waals surface area contributed by atoms with Crippen molar-refractivity contribution < 1.29 is 0 Å². The summed E-state index contributed by atoms with van der Waals surface area (Å²) < 4.78 is 0. The van der Waals surface area contributed by atoms with E-state index in [1.165, 1.54) is 13.0 Å². The first-order chi connectivity index (χ1) is 3.38. The summed E-state index contributed by atoms with van der Waals surface area (Å²) in [5, 5.41) is 3.32. The molecule has 3 N–H and O–H groups in total. The van der Waals surface area contributed by atoms with E-state index in [1.54, 1.807) is 0 Å². The van der Waals surface area contributed by atoms with E-state index in [9.17, 15) is 0 Å². The lowest BCUT2D eigenvalue weighted by Crippen LogP contribution is -2.48. The van der Waals surface area contributed by atoms with Gasteiger partial charge in [-0.1, -0.05) is 0 Å². The van der Waals surface area contributed by atoms with Crippen LogP contribution >= 0.6 is 0 Å². The Morgan fingerprint density at radius 1 is 1.57 bits per heavy atom. The molecule has 0 radical (unpaired) electrons. The monoisotopic (exact) mass is 98.1 g/mol. The molecule has 1 aliphatic carbocycles. The number of rotatable bonds is 0. The van der Waals surface area contributed by atoms with Gasteiger partial charge in [-0.2, -0.15) is 0 Å². The fraction of sp³-hybridized carbons (Fsp3) is 1.00. The summed E-state index contributed by atoms with van der Waals surface area (Å²) in [6.45, 7) is 1.17. The molecule has 2 heteroatoms. The van der Waals surface area contributed by atoms with Gasteiger partial charge in [0.1, 0.15) is 0 Å². The van der Waals surface area contributed by atoms with Crippen molar-refractivity contribution in [1.82, 2.24) is 5.32 Å². The van der Waals surface area contributed by atoms with Crippen molar-refractivity contribution in [2.75, 3.05) is 6.54 Å². The Morgan fingerprint density at radius 3 is 2.57 bits per heavy atom. The van der Waals surface area contributed by atoms with Crippen molar-refractivity contribution in [3.63, 3.8) is 0 Å². The summed E-state index contributed by atoms with van der Waals surface area (Å²) in [6, 6.07) is 1.19. The largest absolute Gasteiger partial charge is 0.326 e. The lowest BCUT2D eigenvalue weighted by atomic mass is 9.81. The van der Waals surface area contributed by atoms with Gasteiger partial charge < -0.3 is 11.1 Å². The second kappa shape index (κ2) is 1.01. The molecule has 40 valence electrons. The Labute approximate surface area is 43.1 Å². The first-order valence-electron chi connectivity index (χ1n) is 2.87. The van der Waals surface area contributed by atoms with Gasteiger partial charge in [0, 0.05) is 12.1 Å². The SMILES string of the molecule is N[C@@H]1[C@@H]2CN[C@H]1C2. The van der Waals surface area contributed by atoms with Crippen LogP contribution in [-0.4, -0.2) is 18.6 Å². The standard InChI is InChI=1S/C5H10N2/c6-5-3-1-4(5)7-2-3/h3-5,7H,1-2,6H2/t3-,4-,5+/m0/s1. The van der Waals surface area contributed by atoms with Crippen LogP contribution in [0, 0.1) is 5.92 Å². The van der Waals surface area contributed by atoms with Gasteiger partial charge in [0.05, 0.1) is 0 Å². The molecule has 2 bridgehead atoms. The highest BCUT2D eigenvalue weighted by Crippen LogP contribution is 2.31. The second-order valence-electron chi connectivity index (χ2n) is 2.59. The van der Waals surface area contributed by atoms with Gasteiger partial charge in [-0.3, -0.25) is 0 Å². The minimum Gasteiger partial charge on any atom is -0.326 e. The van der Waals surface area contributed by atoms with E-state index in [0.717, 1.165) is 5.92 Å². The topological polar surface area (TPSA) is 38.0 Å². The first kappa shape index (κ1) is 3.87. The average molecular weight is 98.1 g/mol. The molecule has 2 saturated heterocycles. The lowest BCUT2D eigenvalue weighted by Gasteiger charge is -2.30.